The van der Waals surface area contributed by atoms with Crippen LogP contribution >= 0.6 is 0 Å². The van der Waals surface area contributed by atoms with E-state index in [2.05, 4.69) is 170 Å². The number of nitrogens with zero attached hydrogens (tertiary/aromatic N) is 3. The Labute approximate surface area is 683 Å². The van der Waals surface area contributed by atoms with E-state index in [1.54, 1.807) is 42.5 Å². The van der Waals surface area contributed by atoms with Crippen molar-refractivity contribution < 1.29 is 65.2 Å². The zero-order valence-corrected chi connectivity index (χ0v) is 70.2. The monoisotopic (exact) mass is 1660 g/mol. The topological polar surface area (TPSA) is 330 Å². The normalized spacial score (nSPS) is 12.9. The van der Waals surface area contributed by atoms with Crippen LogP contribution in [0.5, 0.6) is 23.0 Å². The highest BCUT2D eigenvalue weighted by Crippen LogP contribution is 2.41. The third kappa shape index (κ3) is 21.6. The van der Waals surface area contributed by atoms with Gasteiger partial charge in [0, 0.05) is 75.5 Å². The zero-order chi connectivity index (χ0) is 83.9. The van der Waals surface area contributed by atoms with Crippen LogP contribution in [0.2, 0.25) is 0 Å². The van der Waals surface area contributed by atoms with E-state index < -0.39 is 50.4 Å². The molecule has 0 fully saturated rings. The van der Waals surface area contributed by atoms with Crippen LogP contribution in [-0.2, 0) is 76.1 Å². The van der Waals surface area contributed by atoms with Crippen molar-refractivity contribution in [1.82, 2.24) is 24.4 Å². The van der Waals surface area contributed by atoms with Gasteiger partial charge in [-0.05, 0) is 248 Å². The Morgan fingerprint density at radius 2 is 0.769 bits per heavy atom. The van der Waals surface area contributed by atoms with Crippen LogP contribution in [0.3, 0.4) is 0 Å². The molecule has 12 aromatic rings. The van der Waals surface area contributed by atoms with Gasteiger partial charge in [-0.2, -0.15) is 18.4 Å². The molecule has 117 heavy (non-hydrogen) atoms. The Kier molecular flexibility index (Phi) is 26.0. The predicted octanol–water partition coefficient (Wildman–Crippen LogP) is 13.0. The van der Waals surface area contributed by atoms with Crippen molar-refractivity contribution in [1.29, 1.82) is 0 Å². The second kappa shape index (κ2) is 35.8. The van der Waals surface area contributed by atoms with Crippen molar-refractivity contribution in [2.75, 3.05) is 30.9 Å². The van der Waals surface area contributed by atoms with Crippen molar-refractivity contribution in [3.8, 4) is 23.0 Å². The fourth-order valence-corrected chi connectivity index (χ4v) is 17.3. The molecule has 4 N–H and O–H groups in total. The molecule has 0 saturated heterocycles. The molecule has 604 valence electrons. The van der Waals surface area contributed by atoms with E-state index in [4.69, 9.17) is 9.47 Å². The highest BCUT2D eigenvalue weighted by molar-refractivity contribution is 7.89. The Balaban J connectivity index is 0.000000163. The van der Waals surface area contributed by atoms with Crippen molar-refractivity contribution in [2.45, 2.75) is 109 Å². The smallest absolute Gasteiger partial charge is 0.294 e. The standard InChI is InChI=1S/2C37H32O4S.C17H26N6O7S3/c2*1-23-9-7-10-24(2)32(23)19-27-15-17-29-34(21-27)41-35-22-28(20-33-25(3)11-8-12-26(33)4)16-18-30(35)37(29)31-13-5-6-14-36(31)42(38,39)40;1-31(24,25)18-10-4-8-15-21-16(9-5-11-19-32(2,26)27)23-17(22-15)20-13-6-3-7-14(12-13)33(28,29)30/h2*5-19,21-22H,20H2,1-4H3,(H,38,39,40);3,6-7,12,18-19H,4-5,8-11H2,1-2H3,(H,28,29,30)(H,20,21,22,23)/p-2/b2*27-19+;. The summed E-state index contributed by atoms with van der Waals surface area (Å²) in [7, 11) is -20.5. The summed E-state index contributed by atoms with van der Waals surface area (Å²) in [6, 6.07) is 67.3. The molecule has 26 heteroatoms. The molecule has 2 aliphatic rings. The van der Waals surface area contributed by atoms with Gasteiger partial charge in [0.2, 0.25) is 26.0 Å². The average molecular weight is 1670 g/mol. The summed E-state index contributed by atoms with van der Waals surface area (Å²) in [5.41, 5.74) is 20.5. The molecule has 2 aliphatic heterocycles. The molecule has 3 heterocycles. The van der Waals surface area contributed by atoms with Crippen molar-refractivity contribution in [2.24, 2.45) is 0 Å². The molecular weight excluding hydrogens is 1580 g/mol. The van der Waals surface area contributed by atoms with Crippen LogP contribution in [0.25, 0.3) is 23.3 Å². The van der Waals surface area contributed by atoms with Crippen molar-refractivity contribution in [3.05, 3.63) is 351 Å². The molecule has 1 aromatic heterocycles. The van der Waals surface area contributed by atoms with Gasteiger partial charge in [-0.3, -0.25) is 4.55 Å². The van der Waals surface area contributed by atoms with Crippen LogP contribution in [-0.4, -0.2) is 96.3 Å². The Morgan fingerprint density at radius 1 is 0.393 bits per heavy atom. The maximum absolute atomic E-state index is 12.4. The van der Waals surface area contributed by atoms with E-state index in [-0.39, 0.29) is 33.7 Å². The highest BCUT2D eigenvalue weighted by atomic mass is 32.2. The number of rotatable bonds is 23. The molecular formula is C91H88N6O15S5-2. The van der Waals surface area contributed by atoms with Crippen LogP contribution in [0.15, 0.2) is 233 Å². The van der Waals surface area contributed by atoms with E-state index in [0.717, 1.165) is 79.6 Å². The maximum atomic E-state index is 12.4. The number of sulfonamides is 2. The summed E-state index contributed by atoms with van der Waals surface area (Å²) in [4.78, 5) is 12.1. The molecule has 0 atom stereocenters. The minimum atomic E-state index is -4.72. The number of aromatic nitrogens is 3. The van der Waals surface area contributed by atoms with Crippen molar-refractivity contribution >= 4 is 85.3 Å². The quantitative estimate of drug-likeness (QED) is 0.0341. The van der Waals surface area contributed by atoms with Crippen LogP contribution < -0.4 is 45.1 Å². The first-order chi connectivity index (χ1) is 55.4. The predicted molar refractivity (Wildman–Crippen MR) is 455 cm³/mol. The van der Waals surface area contributed by atoms with Crippen molar-refractivity contribution in [3.63, 3.8) is 0 Å². The number of ether oxygens (including phenoxy) is 2. The van der Waals surface area contributed by atoms with E-state index in [0.29, 0.717) is 88.3 Å². The molecule has 14 rings (SSSR count). The van der Waals surface area contributed by atoms with E-state index in [1.165, 1.54) is 86.0 Å². The van der Waals surface area contributed by atoms with Gasteiger partial charge >= 0.3 is 0 Å². The second-order valence-electron chi connectivity index (χ2n) is 29.2. The number of anilines is 2. The minimum absolute atomic E-state index is 0.120. The second-order valence-corrected chi connectivity index (χ2v) is 37.0. The van der Waals surface area contributed by atoms with Crippen LogP contribution in [0, 0.1) is 55.4 Å². The Bertz CT molecular complexity index is 6340. The third-order valence-corrected chi connectivity index (χ3v) is 24.3. The van der Waals surface area contributed by atoms with Gasteiger partial charge in [0.25, 0.3) is 10.1 Å². The van der Waals surface area contributed by atoms with Gasteiger partial charge in [0.05, 0.1) is 27.2 Å². The van der Waals surface area contributed by atoms with Gasteiger partial charge < -0.3 is 23.9 Å². The van der Waals surface area contributed by atoms with Gasteiger partial charge in [0.1, 0.15) is 54.9 Å². The first kappa shape index (κ1) is 85.2. The van der Waals surface area contributed by atoms with Crippen LogP contribution in [0.1, 0.15) is 125 Å². The lowest BCUT2D eigenvalue weighted by molar-refractivity contribution is 0.460. The maximum Gasteiger partial charge on any atom is 0.294 e. The SMILES string of the molecule is CS(=O)(=O)NCCCc1nc(CCCNS(C)(=O)=O)nc(Nc2cccc(S(=O)(=O)O)c2)n1.Cc1cccc(C)c1/C=c1\ccc2c(c1)Oc1cc(Cc3c(C)cccc3C)ccc1C=2c1ccccc1S(=O)(=O)[O-].Cc1cccc(C)c1/C=c1\ccc2c(c1)Oc1cc(Cc3c(C)cccc3C)ccc1C=2c1ccccc1S(=O)(=O)[O-]. The van der Waals surface area contributed by atoms with Crippen LogP contribution in [0.4, 0.5) is 11.6 Å². The highest BCUT2D eigenvalue weighted by Gasteiger charge is 2.27. The molecule has 0 spiro atoms. The average Bonchev–Trinajstić information content (AvgIpc) is 0.746. The lowest BCUT2D eigenvalue weighted by Gasteiger charge is -2.24. The molecule has 11 aromatic carbocycles. The summed E-state index contributed by atoms with van der Waals surface area (Å²) in [6.07, 6.45) is 9.37. The number of hydrogen-bond donors (Lipinski definition) is 4. The molecule has 21 nitrogen and oxygen atoms in total. The van der Waals surface area contributed by atoms with E-state index >= 15 is 0 Å². The Hall–Kier alpha value is -11.1. The zero-order valence-electron chi connectivity index (χ0n) is 66.1. The lowest BCUT2D eigenvalue weighted by atomic mass is 9.90. The first-order valence-corrected chi connectivity index (χ1v) is 45.6. The summed E-state index contributed by atoms with van der Waals surface area (Å²) in [5.74, 6) is 3.35. The summed E-state index contributed by atoms with van der Waals surface area (Å²) >= 11 is 0. The summed E-state index contributed by atoms with van der Waals surface area (Å²) in [5, 5.41) is 6.26. The van der Waals surface area contributed by atoms with Gasteiger partial charge in [-0.15, -0.1) is 0 Å². The largest absolute Gasteiger partial charge is 0.744 e. The molecule has 0 saturated carbocycles. The fourth-order valence-electron chi connectivity index (χ4n) is 14.4. The lowest BCUT2D eigenvalue weighted by Crippen LogP contribution is -2.24. The minimum Gasteiger partial charge on any atom is -0.744 e. The third-order valence-electron chi connectivity index (χ3n) is 20.2. The molecule has 0 radical (unpaired) electrons. The van der Waals surface area contributed by atoms with E-state index in [1.807, 2.05) is 72.8 Å². The molecule has 0 amide bonds. The number of nitrogens with one attached hydrogen (secondary N) is 3. The summed E-state index contributed by atoms with van der Waals surface area (Å²) in [6.45, 7) is 17.2. The first-order valence-electron chi connectivity index (χ1n) is 37.6. The molecule has 0 bridgehead atoms. The number of fused-ring (bicyclic) bond motifs is 4. The Morgan fingerprint density at radius 3 is 1.15 bits per heavy atom. The number of hydrogen-bond acceptors (Lipinski definition) is 18. The van der Waals surface area contributed by atoms with Gasteiger partial charge in [-0.25, -0.2) is 48.1 Å². The fraction of sp³-hybridized carbons (Fsp3) is 0.198. The number of benzene rings is 11. The van der Waals surface area contributed by atoms with Gasteiger partial charge in [0.15, 0.2) is 0 Å². The van der Waals surface area contributed by atoms with E-state index in [9.17, 15) is 55.7 Å². The number of aryl methyl sites for hydroxylation is 10. The van der Waals surface area contributed by atoms with Gasteiger partial charge in [-0.1, -0.05) is 152 Å². The molecule has 0 aliphatic carbocycles. The molecule has 0 unspecified atom stereocenters. The summed E-state index contributed by atoms with van der Waals surface area (Å²) < 4.78 is 169.